The van der Waals surface area contributed by atoms with Crippen molar-refractivity contribution in [3.8, 4) is 0 Å². The van der Waals surface area contributed by atoms with E-state index in [1.54, 1.807) is 30.3 Å². The van der Waals surface area contributed by atoms with Gasteiger partial charge in [0.1, 0.15) is 11.5 Å². The number of para-hydroxylation sites is 2. The first-order valence-electron chi connectivity index (χ1n) is 6.65. The highest BCUT2D eigenvalue weighted by molar-refractivity contribution is 5.92. The zero-order chi connectivity index (χ0) is 15.5. The Hall–Kier alpha value is -3.02. The third kappa shape index (κ3) is 3.01. The molecule has 0 saturated heterocycles. The van der Waals surface area contributed by atoms with E-state index >= 15 is 0 Å². The first-order chi connectivity index (χ1) is 10.6. The van der Waals surface area contributed by atoms with Gasteiger partial charge in [-0.1, -0.05) is 18.2 Å². The Morgan fingerprint density at radius 1 is 1.18 bits per heavy atom. The summed E-state index contributed by atoms with van der Waals surface area (Å²) in [5.74, 6) is -0.877. The maximum absolute atomic E-state index is 13.1. The standard InChI is InChI=1S/C16H12FN3O2/c17-10-4-3-5-11(8-10)18-15(21)9-14-16(22)20-13-7-2-1-6-12(13)19-14/h1-8H,9H2,(H,18,21)(H,20,22). The van der Waals surface area contributed by atoms with Crippen LogP contribution in [0.3, 0.4) is 0 Å². The molecule has 2 N–H and O–H groups in total. The van der Waals surface area contributed by atoms with Crippen LogP contribution in [-0.4, -0.2) is 15.9 Å². The number of benzene rings is 2. The summed E-state index contributed by atoms with van der Waals surface area (Å²) in [6, 6.07) is 12.6. The van der Waals surface area contributed by atoms with Crippen LogP contribution in [0, 0.1) is 5.82 Å². The summed E-state index contributed by atoms with van der Waals surface area (Å²) < 4.78 is 13.1. The minimum atomic E-state index is -0.445. The number of rotatable bonds is 3. The van der Waals surface area contributed by atoms with Gasteiger partial charge in [-0.2, -0.15) is 0 Å². The number of anilines is 1. The molecule has 0 atom stereocenters. The van der Waals surface area contributed by atoms with Crippen molar-refractivity contribution in [3.63, 3.8) is 0 Å². The van der Waals surface area contributed by atoms with Gasteiger partial charge in [0.05, 0.1) is 17.5 Å². The number of hydrogen-bond acceptors (Lipinski definition) is 3. The molecule has 110 valence electrons. The molecule has 0 fully saturated rings. The van der Waals surface area contributed by atoms with Gasteiger partial charge in [0.2, 0.25) is 5.91 Å². The van der Waals surface area contributed by atoms with Crippen LogP contribution in [0.4, 0.5) is 10.1 Å². The summed E-state index contributed by atoms with van der Waals surface area (Å²) in [6.45, 7) is 0. The highest BCUT2D eigenvalue weighted by Crippen LogP contribution is 2.10. The molecule has 1 aromatic heterocycles. The molecule has 0 aliphatic carbocycles. The zero-order valence-corrected chi connectivity index (χ0v) is 11.5. The molecule has 3 rings (SSSR count). The maximum atomic E-state index is 13.1. The summed E-state index contributed by atoms with van der Waals surface area (Å²) in [5.41, 5.74) is 1.26. The number of hydrogen-bond donors (Lipinski definition) is 2. The second kappa shape index (κ2) is 5.77. The Bertz CT molecular complexity index is 905. The van der Waals surface area contributed by atoms with Gasteiger partial charge in [0, 0.05) is 5.69 Å². The fraction of sp³-hybridized carbons (Fsp3) is 0.0625. The van der Waals surface area contributed by atoms with Gasteiger partial charge in [-0.3, -0.25) is 9.59 Å². The lowest BCUT2D eigenvalue weighted by atomic mass is 10.2. The van der Waals surface area contributed by atoms with Gasteiger partial charge < -0.3 is 10.3 Å². The average molecular weight is 297 g/mol. The highest BCUT2D eigenvalue weighted by atomic mass is 19.1. The molecule has 2 aromatic carbocycles. The van der Waals surface area contributed by atoms with E-state index in [1.807, 2.05) is 0 Å². The molecule has 1 heterocycles. The van der Waals surface area contributed by atoms with Gasteiger partial charge >= 0.3 is 0 Å². The van der Waals surface area contributed by atoms with Crippen LogP contribution in [0.25, 0.3) is 11.0 Å². The van der Waals surface area contributed by atoms with Gasteiger partial charge in [-0.15, -0.1) is 0 Å². The molecule has 0 unspecified atom stereocenters. The average Bonchev–Trinajstić information content (AvgIpc) is 2.48. The van der Waals surface area contributed by atoms with Gasteiger partial charge in [-0.05, 0) is 30.3 Å². The van der Waals surface area contributed by atoms with Crippen LogP contribution in [0.5, 0.6) is 0 Å². The van der Waals surface area contributed by atoms with E-state index in [2.05, 4.69) is 15.3 Å². The van der Waals surface area contributed by atoms with E-state index in [9.17, 15) is 14.0 Å². The number of H-pyrrole nitrogens is 1. The lowest BCUT2D eigenvalue weighted by Crippen LogP contribution is -2.22. The highest BCUT2D eigenvalue weighted by Gasteiger charge is 2.10. The van der Waals surface area contributed by atoms with Crippen molar-refractivity contribution in [2.75, 3.05) is 5.32 Å². The SMILES string of the molecule is O=C(Cc1nc2ccccc2[nH]c1=O)Nc1cccc(F)c1. The molecule has 0 radical (unpaired) electrons. The molecule has 3 aromatic rings. The molecule has 0 saturated carbocycles. The number of nitrogens with one attached hydrogen (secondary N) is 2. The second-order valence-electron chi connectivity index (χ2n) is 4.77. The Labute approximate surface area is 124 Å². The number of amides is 1. The molecule has 1 amide bonds. The van der Waals surface area contributed by atoms with Crippen molar-refractivity contribution in [1.82, 2.24) is 9.97 Å². The van der Waals surface area contributed by atoms with E-state index in [1.165, 1.54) is 18.2 Å². The van der Waals surface area contributed by atoms with Gasteiger partial charge in [0.25, 0.3) is 5.56 Å². The van der Waals surface area contributed by atoms with Crippen LogP contribution < -0.4 is 10.9 Å². The summed E-state index contributed by atoms with van der Waals surface area (Å²) in [5, 5.41) is 2.53. The Balaban J connectivity index is 1.82. The van der Waals surface area contributed by atoms with Gasteiger partial charge in [0.15, 0.2) is 0 Å². The molecule has 0 aliphatic heterocycles. The van der Waals surface area contributed by atoms with Crippen molar-refractivity contribution in [3.05, 3.63) is 70.4 Å². The molecule has 0 spiro atoms. The Kier molecular flexibility index (Phi) is 3.65. The lowest BCUT2D eigenvalue weighted by molar-refractivity contribution is -0.115. The van der Waals surface area contributed by atoms with E-state index in [-0.39, 0.29) is 12.1 Å². The van der Waals surface area contributed by atoms with Crippen LogP contribution >= 0.6 is 0 Å². The number of carbonyl (C=O) groups is 1. The first-order valence-corrected chi connectivity index (χ1v) is 6.65. The molecular weight excluding hydrogens is 285 g/mol. The van der Waals surface area contributed by atoms with Gasteiger partial charge in [-0.25, -0.2) is 9.37 Å². The van der Waals surface area contributed by atoms with E-state index in [4.69, 9.17) is 0 Å². The Morgan fingerprint density at radius 2 is 2.00 bits per heavy atom. The van der Waals surface area contributed by atoms with E-state index in [0.29, 0.717) is 16.7 Å². The van der Waals surface area contributed by atoms with Crippen molar-refractivity contribution >= 4 is 22.6 Å². The Morgan fingerprint density at radius 3 is 2.82 bits per heavy atom. The van der Waals surface area contributed by atoms with Crippen LogP contribution in [0.1, 0.15) is 5.69 Å². The molecule has 22 heavy (non-hydrogen) atoms. The summed E-state index contributed by atoms with van der Waals surface area (Å²) in [4.78, 5) is 30.7. The monoisotopic (exact) mass is 297 g/mol. The number of aromatic amines is 1. The number of fused-ring (bicyclic) bond motifs is 1. The number of nitrogens with zero attached hydrogens (tertiary/aromatic N) is 1. The second-order valence-corrected chi connectivity index (χ2v) is 4.77. The fourth-order valence-electron chi connectivity index (χ4n) is 2.11. The first kappa shape index (κ1) is 13.9. The largest absolute Gasteiger partial charge is 0.326 e. The van der Waals surface area contributed by atoms with Crippen molar-refractivity contribution < 1.29 is 9.18 Å². The van der Waals surface area contributed by atoms with Crippen molar-refractivity contribution in [2.45, 2.75) is 6.42 Å². The zero-order valence-electron chi connectivity index (χ0n) is 11.5. The quantitative estimate of drug-likeness (QED) is 0.778. The summed E-state index contributed by atoms with van der Waals surface area (Å²) in [7, 11) is 0. The lowest BCUT2D eigenvalue weighted by Gasteiger charge is -2.05. The number of aromatic nitrogens is 2. The molecule has 6 heteroatoms. The van der Waals surface area contributed by atoms with Crippen LogP contribution in [0.15, 0.2) is 53.3 Å². The summed E-state index contributed by atoms with van der Waals surface area (Å²) in [6.07, 6.45) is -0.184. The minimum absolute atomic E-state index is 0.118. The van der Waals surface area contributed by atoms with Crippen LogP contribution in [0.2, 0.25) is 0 Å². The van der Waals surface area contributed by atoms with Crippen molar-refractivity contribution in [2.24, 2.45) is 0 Å². The molecule has 0 aliphatic rings. The normalized spacial score (nSPS) is 10.6. The molecular formula is C16H12FN3O2. The molecule has 0 bridgehead atoms. The van der Waals surface area contributed by atoms with E-state index < -0.39 is 17.3 Å². The predicted molar refractivity (Wildman–Crippen MR) is 81.1 cm³/mol. The minimum Gasteiger partial charge on any atom is -0.326 e. The number of halogens is 1. The third-order valence-corrected chi connectivity index (χ3v) is 3.11. The summed E-state index contributed by atoms with van der Waals surface area (Å²) >= 11 is 0. The van der Waals surface area contributed by atoms with Crippen LogP contribution in [-0.2, 0) is 11.2 Å². The van der Waals surface area contributed by atoms with E-state index in [0.717, 1.165) is 0 Å². The predicted octanol–water partition coefficient (Wildman–Crippen LogP) is 2.24. The third-order valence-electron chi connectivity index (χ3n) is 3.11. The number of carbonyl (C=O) groups excluding carboxylic acids is 1. The van der Waals surface area contributed by atoms with Crippen molar-refractivity contribution in [1.29, 1.82) is 0 Å². The fourth-order valence-corrected chi connectivity index (χ4v) is 2.11. The smallest absolute Gasteiger partial charge is 0.270 e. The molecule has 5 nitrogen and oxygen atoms in total. The topological polar surface area (TPSA) is 74.8 Å². The maximum Gasteiger partial charge on any atom is 0.270 e.